The molecule has 0 saturated heterocycles. The number of carbonyl (C=O) groups excluding carboxylic acids is 1. The lowest BCUT2D eigenvalue weighted by Gasteiger charge is -2.03. The summed E-state index contributed by atoms with van der Waals surface area (Å²) < 4.78 is 14.8. The van der Waals surface area contributed by atoms with E-state index in [1.54, 1.807) is 37.6 Å². The Morgan fingerprint density at radius 2 is 2.00 bits per heavy atom. The summed E-state index contributed by atoms with van der Waals surface area (Å²) in [5.41, 5.74) is 4.42. The van der Waals surface area contributed by atoms with Crippen molar-refractivity contribution in [3.05, 3.63) is 71.7 Å². The zero-order chi connectivity index (χ0) is 22.5. The van der Waals surface area contributed by atoms with Crippen molar-refractivity contribution >= 4 is 39.2 Å². The third kappa shape index (κ3) is 3.21. The van der Waals surface area contributed by atoms with Gasteiger partial charge in [0.25, 0.3) is 0 Å². The molecule has 0 aliphatic heterocycles. The van der Waals surface area contributed by atoms with Crippen LogP contribution in [0.1, 0.15) is 16.6 Å². The topological polar surface area (TPSA) is 100 Å². The molecule has 0 fully saturated rings. The highest BCUT2D eigenvalue weighted by Crippen LogP contribution is 2.35. The van der Waals surface area contributed by atoms with Crippen LogP contribution in [0.2, 0.25) is 0 Å². The minimum absolute atomic E-state index is 0.0292. The van der Waals surface area contributed by atoms with Crippen molar-refractivity contribution in [2.24, 2.45) is 0 Å². The molecule has 5 heterocycles. The van der Waals surface area contributed by atoms with E-state index in [2.05, 4.69) is 30.1 Å². The summed E-state index contributed by atoms with van der Waals surface area (Å²) in [4.78, 5) is 29.8. The second kappa shape index (κ2) is 7.42. The van der Waals surface area contributed by atoms with Crippen LogP contribution in [-0.4, -0.2) is 35.9 Å². The van der Waals surface area contributed by atoms with E-state index in [1.165, 1.54) is 17.4 Å². The minimum Gasteiger partial charge on any atom is -0.335 e. The summed E-state index contributed by atoms with van der Waals surface area (Å²) in [5, 5.41) is 8.01. The highest BCUT2D eigenvalue weighted by atomic mass is 32.1. The Bertz CT molecular complexity index is 1670. The van der Waals surface area contributed by atoms with Crippen LogP contribution in [0, 0.1) is 5.82 Å². The summed E-state index contributed by atoms with van der Waals surface area (Å²) in [5.74, 6) is 0.183. The maximum absolute atomic E-state index is 14.8. The lowest BCUT2D eigenvalue weighted by Crippen LogP contribution is -1.87. The third-order valence-electron chi connectivity index (χ3n) is 5.46. The molecule has 5 aromatic heterocycles. The first kappa shape index (κ1) is 19.4. The van der Waals surface area contributed by atoms with Crippen molar-refractivity contribution in [1.82, 2.24) is 30.1 Å². The van der Waals surface area contributed by atoms with Crippen LogP contribution in [0.4, 0.5) is 4.39 Å². The third-order valence-corrected chi connectivity index (χ3v) is 6.68. The van der Waals surface area contributed by atoms with Gasteiger partial charge in [-0.2, -0.15) is 5.10 Å². The molecule has 0 amide bonds. The molecule has 33 heavy (non-hydrogen) atoms. The molecule has 0 aliphatic rings. The zero-order valence-electron chi connectivity index (χ0n) is 17.3. The number of imidazole rings is 1. The molecule has 0 spiro atoms. The molecule has 1 aromatic carbocycles. The number of H-pyrrole nitrogens is 2. The fourth-order valence-corrected chi connectivity index (χ4v) is 4.80. The molecule has 6 rings (SSSR count). The number of nitrogens with zero attached hydrogens (tertiary/aromatic N) is 4. The molecular weight excluding hydrogens is 439 g/mol. The second-order valence-corrected chi connectivity index (χ2v) is 8.64. The number of benzene rings is 1. The number of aromatic amines is 2. The van der Waals surface area contributed by atoms with E-state index < -0.39 is 0 Å². The summed E-state index contributed by atoms with van der Waals surface area (Å²) in [6.07, 6.45) is 4.96. The van der Waals surface area contributed by atoms with Crippen molar-refractivity contribution in [2.75, 3.05) is 0 Å². The highest BCUT2D eigenvalue weighted by Gasteiger charge is 2.18. The predicted octanol–water partition coefficient (Wildman–Crippen LogP) is 5.63. The van der Waals surface area contributed by atoms with Crippen molar-refractivity contribution in [1.29, 1.82) is 0 Å². The van der Waals surface area contributed by atoms with Gasteiger partial charge in [-0.1, -0.05) is 6.07 Å². The number of carbonyl (C=O) groups is 1. The summed E-state index contributed by atoms with van der Waals surface area (Å²) >= 11 is 1.42. The lowest BCUT2D eigenvalue weighted by molar-refractivity contribution is 0.102. The Balaban J connectivity index is 1.51. The SMILES string of the molecule is CC(=O)c1ccc(-c2ccnc3nc(-c4n[nH]c5cc(F)c(-c6cccnc6)cc45)[nH]c23)s1. The van der Waals surface area contributed by atoms with Gasteiger partial charge in [0.2, 0.25) is 0 Å². The normalized spacial score (nSPS) is 11.5. The van der Waals surface area contributed by atoms with Gasteiger partial charge in [0.1, 0.15) is 11.5 Å². The Hall–Kier alpha value is -4.24. The van der Waals surface area contributed by atoms with E-state index in [1.807, 2.05) is 24.3 Å². The van der Waals surface area contributed by atoms with Crippen molar-refractivity contribution in [3.8, 4) is 33.1 Å². The Morgan fingerprint density at radius 1 is 1.09 bits per heavy atom. The number of hydrogen-bond donors (Lipinski definition) is 2. The Kier molecular flexibility index (Phi) is 4.37. The quantitative estimate of drug-likeness (QED) is 0.336. The average molecular weight is 454 g/mol. The van der Waals surface area contributed by atoms with Gasteiger partial charge in [-0.15, -0.1) is 11.3 Å². The van der Waals surface area contributed by atoms with Gasteiger partial charge in [-0.3, -0.25) is 14.9 Å². The van der Waals surface area contributed by atoms with Crippen LogP contribution in [0.15, 0.2) is 61.1 Å². The number of rotatable bonds is 4. The van der Waals surface area contributed by atoms with Gasteiger partial charge in [0.15, 0.2) is 17.3 Å². The van der Waals surface area contributed by atoms with Crippen LogP contribution in [-0.2, 0) is 0 Å². The monoisotopic (exact) mass is 454 g/mol. The van der Waals surface area contributed by atoms with E-state index in [-0.39, 0.29) is 11.6 Å². The summed E-state index contributed by atoms with van der Waals surface area (Å²) in [6.45, 7) is 1.55. The van der Waals surface area contributed by atoms with E-state index in [0.717, 1.165) is 21.3 Å². The molecule has 7 nitrogen and oxygen atoms in total. The van der Waals surface area contributed by atoms with Gasteiger partial charge >= 0.3 is 0 Å². The number of aromatic nitrogens is 6. The van der Waals surface area contributed by atoms with Crippen molar-refractivity contribution in [3.63, 3.8) is 0 Å². The van der Waals surface area contributed by atoms with E-state index in [9.17, 15) is 9.18 Å². The Morgan fingerprint density at radius 3 is 2.79 bits per heavy atom. The number of thiophene rings is 1. The summed E-state index contributed by atoms with van der Waals surface area (Å²) in [7, 11) is 0. The number of hydrogen-bond acceptors (Lipinski definition) is 6. The zero-order valence-corrected chi connectivity index (χ0v) is 18.1. The number of pyridine rings is 2. The van der Waals surface area contributed by atoms with Crippen LogP contribution < -0.4 is 0 Å². The van der Waals surface area contributed by atoms with Gasteiger partial charge in [-0.05, 0) is 37.3 Å². The number of halogens is 1. The van der Waals surface area contributed by atoms with Gasteiger partial charge in [0.05, 0.1) is 15.9 Å². The molecule has 6 aromatic rings. The molecule has 0 unspecified atom stereocenters. The molecule has 0 aliphatic carbocycles. The first-order valence-electron chi connectivity index (χ1n) is 10.1. The Labute approximate surface area is 190 Å². The highest BCUT2D eigenvalue weighted by molar-refractivity contribution is 7.17. The maximum atomic E-state index is 14.8. The summed E-state index contributed by atoms with van der Waals surface area (Å²) in [6, 6.07) is 12.4. The fourth-order valence-electron chi connectivity index (χ4n) is 3.86. The second-order valence-electron chi connectivity index (χ2n) is 7.55. The smallest absolute Gasteiger partial charge is 0.178 e. The van der Waals surface area contributed by atoms with Crippen LogP contribution in [0.3, 0.4) is 0 Å². The molecule has 0 saturated carbocycles. The molecule has 0 atom stereocenters. The van der Waals surface area contributed by atoms with E-state index in [0.29, 0.717) is 38.7 Å². The standard InChI is InChI=1S/C24H15FN6OS/c1-12(32)19-4-5-20(33-19)14-6-8-27-23-21(14)28-24(29-23)22-16-9-15(13-3-2-7-26-11-13)17(25)10-18(16)30-31-22/h2-11H,1H3,(H,30,31)(H,27,28,29). The van der Waals surface area contributed by atoms with Gasteiger partial charge < -0.3 is 4.98 Å². The van der Waals surface area contributed by atoms with Gasteiger partial charge in [0, 0.05) is 51.6 Å². The number of Topliss-reactive ketones (excluding diaryl/α,β-unsaturated/α-hetero) is 1. The number of fused-ring (bicyclic) bond motifs is 2. The van der Waals surface area contributed by atoms with Crippen LogP contribution in [0.25, 0.3) is 55.2 Å². The molecule has 2 N–H and O–H groups in total. The van der Waals surface area contributed by atoms with Crippen molar-refractivity contribution < 1.29 is 9.18 Å². The maximum Gasteiger partial charge on any atom is 0.178 e. The minimum atomic E-state index is -0.363. The molecule has 9 heteroatoms. The first-order chi connectivity index (χ1) is 16.1. The van der Waals surface area contributed by atoms with E-state index >= 15 is 0 Å². The number of ketones is 1. The predicted molar refractivity (Wildman–Crippen MR) is 125 cm³/mol. The fraction of sp³-hybridized carbons (Fsp3) is 0.0417. The first-order valence-corrected chi connectivity index (χ1v) is 10.9. The van der Waals surface area contributed by atoms with Crippen LogP contribution >= 0.6 is 11.3 Å². The lowest BCUT2D eigenvalue weighted by atomic mass is 10.0. The van der Waals surface area contributed by atoms with Crippen molar-refractivity contribution in [2.45, 2.75) is 6.92 Å². The van der Waals surface area contributed by atoms with Crippen LogP contribution in [0.5, 0.6) is 0 Å². The molecular formula is C24H15FN6OS. The largest absolute Gasteiger partial charge is 0.335 e. The average Bonchev–Trinajstić information content (AvgIpc) is 3.56. The van der Waals surface area contributed by atoms with E-state index in [4.69, 9.17) is 0 Å². The molecule has 160 valence electrons. The molecule has 0 radical (unpaired) electrons. The number of nitrogens with one attached hydrogen (secondary N) is 2. The molecule has 0 bridgehead atoms. The van der Waals surface area contributed by atoms with Gasteiger partial charge in [-0.25, -0.2) is 14.4 Å².